The molecule has 270 valence electrons. The number of nitrogens with zero attached hydrogens (tertiary/aromatic N) is 3. The number of carboxylic acids is 1. The monoisotopic (exact) mass is 710 g/mol. The first-order valence-corrected chi connectivity index (χ1v) is 18.6. The molecule has 0 radical (unpaired) electrons. The van der Waals surface area contributed by atoms with Gasteiger partial charge in [0, 0.05) is 40.7 Å². The summed E-state index contributed by atoms with van der Waals surface area (Å²) in [5.74, 6) is -1.40. The molecule has 51 heavy (non-hydrogen) atoms. The first-order chi connectivity index (χ1) is 24.4. The first kappa shape index (κ1) is 39.1. The summed E-state index contributed by atoms with van der Waals surface area (Å²) >= 11 is 1.37. The molecule has 4 rings (SSSR count). The molecule has 9 nitrogen and oxygen atoms in total. The molecule has 2 aromatic heterocycles. The van der Waals surface area contributed by atoms with Gasteiger partial charge in [0.1, 0.15) is 17.5 Å². The highest BCUT2D eigenvalue weighted by Crippen LogP contribution is 2.30. The highest BCUT2D eigenvalue weighted by molar-refractivity contribution is 7.14. The molecule has 4 aromatic rings. The zero-order valence-corrected chi connectivity index (χ0v) is 31.4. The average molecular weight is 711 g/mol. The average Bonchev–Trinajstić information content (AvgIpc) is 3.64. The van der Waals surface area contributed by atoms with Crippen LogP contribution in [0, 0.1) is 5.92 Å². The van der Waals surface area contributed by atoms with Crippen molar-refractivity contribution in [2.24, 2.45) is 10.9 Å². The van der Waals surface area contributed by atoms with E-state index >= 15 is 0 Å². The lowest BCUT2D eigenvalue weighted by Gasteiger charge is -2.17. The SMILES string of the molecule is CCCCCCCOc1ccc(-c2cnc(-c3ccc(C[C@H](NC(=O)c4ccc(C(C)(C)C)s4)C(=O)N=C(C(=O)O)[C@H](C)CC)cc3)nc2)cc1. The van der Waals surface area contributed by atoms with Crippen molar-refractivity contribution in [1.29, 1.82) is 0 Å². The van der Waals surface area contributed by atoms with Gasteiger partial charge in [0.2, 0.25) is 0 Å². The van der Waals surface area contributed by atoms with Crippen LogP contribution in [-0.4, -0.2) is 51.2 Å². The number of hydrogen-bond donors (Lipinski definition) is 2. The minimum absolute atomic E-state index is 0.123. The summed E-state index contributed by atoms with van der Waals surface area (Å²) < 4.78 is 5.89. The smallest absolute Gasteiger partial charge is 0.350 e. The van der Waals surface area contributed by atoms with E-state index in [-0.39, 0.29) is 17.5 Å². The Kier molecular flexibility index (Phi) is 14.2. The highest BCUT2D eigenvalue weighted by atomic mass is 32.1. The van der Waals surface area contributed by atoms with E-state index < -0.39 is 29.7 Å². The maximum atomic E-state index is 13.5. The van der Waals surface area contributed by atoms with Gasteiger partial charge in [-0.2, -0.15) is 0 Å². The standard InChI is InChI=1S/C41H50N4O5S/c1-7-9-10-11-12-23-50-32-19-17-29(18-20-32)31-25-42-37(43-26-31)30-15-13-28(14-16-30)24-33(38(46)45-36(40(48)49)27(3)8-2)44-39(47)34-21-22-35(51-34)41(4,5)6/h13-22,25-27,33H,7-12,23-24H2,1-6H3,(H,44,47)(H,48,49)/t27-,33+/m1/s1. The van der Waals surface area contributed by atoms with E-state index in [1.54, 1.807) is 25.4 Å². The van der Waals surface area contributed by atoms with Gasteiger partial charge in [-0.15, -0.1) is 11.3 Å². The molecule has 2 amide bonds. The molecule has 10 heteroatoms. The van der Waals surface area contributed by atoms with Crippen LogP contribution in [0.4, 0.5) is 0 Å². The van der Waals surface area contributed by atoms with Crippen LogP contribution >= 0.6 is 11.3 Å². The van der Waals surface area contributed by atoms with E-state index in [0.29, 0.717) is 17.1 Å². The van der Waals surface area contributed by atoms with Crippen molar-refractivity contribution in [3.05, 3.63) is 88.4 Å². The van der Waals surface area contributed by atoms with E-state index in [0.717, 1.165) is 45.9 Å². The number of hydrogen-bond acceptors (Lipinski definition) is 7. The number of ether oxygens (including phenoxy) is 1. The van der Waals surface area contributed by atoms with Gasteiger partial charge in [-0.1, -0.05) is 104 Å². The number of rotatable bonds is 17. The Bertz CT molecular complexity index is 1770. The Hall–Kier alpha value is -4.70. The number of aromatic nitrogens is 2. The molecule has 0 spiro atoms. The first-order valence-electron chi connectivity index (χ1n) is 17.8. The number of carbonyl (C=O) groups excluding carboxylic acids is 2. The summed E-state index contributed by atoms with van der Waals surface area (Å²) in [5.41, 5.74) is 3.07. The van der Waals surface area contributed by atoms with Gasteiger partial charge < -0.3 is 15.2 Å². The van der Waals surface area contributed by atoms with Gasteiger partial charge >= 0.3 is 5.97 Å². The number of amides is 2. The summed E-state index contributed by atoms with van der Waals surface area (Å²) in [6, 6.07) is 18.0. The van der Waals surface area contributed by atoms with Gasteiger partial charge in [0.05, 0.1) is 11.5 Å². The van der Waals surface area contributed by atoms with Gasteiger partial charge in [0.25, 0.3) is 11.8 Å². The molecule has 2 aromatic carbocycles. The Balaban J connectivity index is 1.46. The summed E-state index contributed by atoms with van der Waals surface area (Å²) in [5, 5.41) is 12.6. The van der Waals surface area contributed by atoms with Crippen LogP contribution in [0.25, 0.3) is 22.5 Å². The lowest BCUT2D eigenvalue weighted by molar-refractivity contribution is -0.130. The molecule has 0 aliphatic rings. The maximum absolute atomic E-state index is 13.5. The Morgan fingerprint density at radius 1 is 0.863 bits per heavy atom. The molecular weight excluding hydrogens is 661 g/mol. The highest BCUT2D eigenvalue weighted by Gasteiger charge is 2.27. The van der Waals surface area contributed by atoms with Crippen molar-refractivity contribution >= 4 is 34.8 Å². The molecule has 0 saturated heterocycles. The van der Waals surface area contributed by atoms with Crippen LogP contribution in [0.1, 0.15) is 100 Å². The number of thiophene rings is 1. The largest absolute Gasteiger partial charge is 0.494 e. The van der Waals surface area contributed by atoms with Crippen LogP contribution in [-0.2, 0) is 21.4 Å². The molecule has 0 aliphatic heterocycles. The van der Waals surface area contributed by atoms with Crippen LogP contribution in [0.5, 0.6) is 5.75 Å². The van der Waals surface area contributed by atoms with Gasteiger partial charge in [0.15, 0.2) is 5.82 Å². The summed E-state index contributed by atoms with van der Waals surface area (Å²) in [6.45, 7) is 12.7. The number of carbonyl (C=O) groups is 3. The number of aliphatic imine (C=N–C) groups is 1. The lowest BCUT2D eigenvalue weighted by Crippen LogP contribution is -2.42. The van der Waals surface area contributed by atoms with Crippen molar-refractivity contribution < 1.29 is 24.2 Å². The fraction of sp³-hybridized carbons (Fsp3) is 0.415. The van der Waals surface area contributed by atoms with Gasteiger partial charge in [-0.25, -0.2) is 19.8 Å². The normalized spacial score (nSPS) is 13.0. The number of unbranched alkanes of at least 4 members (excludes halogenated alkanes) is 4. The Labute approximate surface area is 305 Å². The molecular formula is C41H50N4O5S. The number of aliphatic carboxylic acids is 1. The van der Waals surface area contributed by atoms with Crippen LogP contribution in [0.15, 0.2) is 78.0 Å². The summed E-state index contributed by atoms with van der Waals surface area (Å²) in [6.07, 6.45) is 10.2. The third-order valence-corrected chi connectivity index (χ3v) is 10.2. The van der Waals surface area contributed by atoms with Crippen LogP contribution in [0.3, 0.4) is 0 Å². The summed E-state index contributed by atoms with van der Waals surface area (Å²) in [7, 11) is 0. The third kappa shape index (κ3) is 11.4. The zero-order valence-electron chi connectivity index (χ0n) is 30.6. The maximum Gasteiger partial charge on any atom is 0.350 e. The van der Waals surface area contributed by atoms with E-state index in [1.165, 1.54) is 37.0 Å². The second kappa shape index (κ2) is 18.5. The number of carboxylic acid groups (broad SMARTS) is 1. The molecule has 0 bridgehead atoms. The molecule has 0 aliphatic carbocycles. The number of benzene rings is 2. The second-order valence-electron chi connectivity index (χ2n) is 13.9. The second-order valence-corrected chi connectivity index (χ2v) is 15.0. The predicted octanol–water partition coefficient (Wildman–Crippen LogP) is 8.96. The van der Waals surface area contributed by atoms with E-state index in [4.69, 9.17) is 4.74 Å². The Morgan fingerprint density at radius 3 is 2.10 bits per heavy atom. The van der Waals surface area contributed by atoms with Gasteiger partial charge in [-0.05, 0) is 53.6 Å². The molecule has 0 unspecified atom stereocenters. The van der Waals surface area contributed by atoms with Crippen molar-refractivity contribution in [3.8, 4) is 28.3 Å². The van der Waals surface area contributed by atoms with E-state index in [1.807, 2.05) is 61.5 Å². The van der Waals surface area contributed by atoms with Crippen LogP contribution < -0.4 is 10.1 Å². The topological polar surface area (TPSA) is 131 Å². The molecule has 2 heterocycles. The Morgan fingerprint density at radius 2 is 1.51 bits per heavy atom. The van der Waals surface area contributed by atoms with E-state index in [9.17, 15) is 19.5 Å². The van der Waals surface area contributed by atoms with Crippen molar-refractivity contribution in [3.63, 3.8) is 0 Å². The quantitative estimate of drug-likeness (QED) is 0.0826. The minimum Gasteiger partial charge on any atom is -0.494 e. The molecule has 0 fully saturated rings. The van der Waals surface area contributed by atoms with Crippen molar-refractivity contribution in [2.75, 3.05) is 6.61 Å². The predicted molar refractivity (Wildman–Crippen MR) is 205 cm³/mol. The third-order valence-electron chi connectivity index (χ3n) is 8.71. The van der Waals surface area contributed by atoms with Gasteiger partial charge in [-0.3, -0.25) is 9.59 Å². The molecule has 2 N–H and O–H groups in total. The minimum atomic E-state index is -1.25. The fourth-order valence-electron chi connectivity index (χ4n) is 5.34. The number of nitrogens with one attached hydrogen (secondary N) is 1. The van der Waals surface area contributed by atoms with Crippen molar-refractivity contribution in [2.45, 2.75) is 97.9 Å². The lowest BCUT2D eigenvalue weighted by atomic mass is 9.95. The zero-order chi connectivity index (χ0) is 37.0. The molecule has 0 saturated carbocycles. The van der Waals surface area contributed by atoms with E-state index in [2.05, 4.69) is 48.0 Å². The van der Waals surface area contributed by atoms with Crippen LogP contribution in [0.2, 0.25) is 0 Å². The molecule has 2 atom stereocenters. The fourth-order valence-corrected chi connectivity index (χ4v) is 6.31. The van der Waals surface area contributed by atoms with Crippen molar-refractivity contribution in [1.82, 2.24) is 15.3 Å². The summed E-state index contributed by atoms with van der Waals surface area (Å²) in [4.78, 5) is 53.4.